The quantitative estimate of drug-likeness (QED) is 0.392. The van der Waals surface area contributed by atoms with Crippen LogP contribution in [0.2, 0.25) is 0 Å². The van der Waals surface area contributed by atoms with E-state index in [9.17, 15) is 0 Å². The number of rotatable bonds is 0. The van der Waals surface area contributed by atoms with Crippen LogP contribution in [0, 0.1) is 41.7 Å². The Labute approximate surface area is 107 Å². The molecule has 0 aromatic carbocycles. The van der Waals surface area contributed by atoms with Crippen molar-refractivity contribution in [3.05, 3.63) is 0 Å². The molecule has 0 saturated heterocycles. The molecule has 0 spiro atoms. The second-order valence-corrected chi connectivity index (χ2v) is 0.365. The zero-order valence-corrected chi connectivity index (χ0v) is 9.06. The SMILES string of the molecule is O=[C-]O.O=[C-]O.O=[C-]O.O=[C-]O.[Ce+4]. The molecule has 0 amide bonds. The molecule has 0 radical (unpaired) electrons. The second-order valence-electron chi connectivity index (χ2n) is 0.365. The summed E-state index contributed by atoms with van der Waals surface area (Å²) >= 11 is 0. The third-order valence-corrected chi connectivity index (χ3v) is 0. The van der Waals surface area contributed by atoms with Crippen molar-refractivity contribution in [2.75, 3.05) is 0 Å². The van der Waals surface area contributed by atoms with E-state index in [-0.39, 0.29) is 41.7 Å². The molecule has 8 nitrogen and oxygen atoms in total. The van der Waals surface area contributed by atoms with E-state index in [0.29, 0.717) is 25.9 Å². The minimum Gasteiger partial charge on any atom is -0.665 e. The summed E-state index contributed by atoms with van der Waals surface area (Å²) in [6.45, 7) is 2.00. The summed E-state index contributed by atoms with van der Waals surface area (Å²) in [5, 5.41) is 27.1. The Kier molecular flexibility index (Phi) is 253. The van der Waals surface area contributed by atoms with Gasteiger partial charge in [-0.05, 0) is 0 Å². The predicted molar refractivity (Wildman–Crippen MR) is 33.3 cm³/mol. The molecule has 0 heterocycles. The zero-order valence-electron chi connectivity index (χ0n) is 5.92. The molecule has 0 bridgehead atoms. The van der Waals surface area contributed by atoms with Gasteiger partial charge < -0.3 is 39.6 Å². The Hall–Kier alpha value is -0.743. The summed E-state index contributed by atoms with van der Waals surface area (Å²) in [7, 11) is 0. The van der Waals surface area contributed by atoms with Gasteiger partial charge in [0.15, 0.2) is 0 Å². The molecular formula is C4H4CeO8. The van der Waals surface area contributed by atoms with Gasteiger partial charge in [0.05, 0.1) is 0 Å². The maximum atomic E-state index is 8.24. The fourth-order valence-corrected chi connectivity index (χ4v) is 0. The van der Waals surface area contributed by atoms with E-state index in [0.717, 1.165) is 0 Å². The third-order valence-electron chi connectivity index (χ3n) is 0. The molecule has 0 aliphatic heterocycles. The summed E-state index contributed by atoms with van der Waals surface area (Å²) in [5.41, 5.74) is 0. The molecule has 0 saturated carbocycles. The zero-order chi connectivity index (χ0) is 10.8. The van der Waals surface area contributed by atoms with Crippen LogP contribution < -0.4 is 0 Å². The first-order chi connectivity index (χ1) is 5.66. The summed E-state index contributed by atoms with van der Waals surface area (Å²) in [5.74, 6) is 0. The molecular weight excluding hydrogens is 316 g/mol. The standard InChI is InChI=1S/4CHO2.Ce/c4*2-1-3;/h4*(H,2,3);/q4*-1;+4. The molecule has 0 aromatic heterocycles. The van der Waals surface area contributed by atoms with E-state index in [1.165, 1.54) is 0 Å². The molecule has 72 valence electrons. The van der Waals surface area contributed by atoms with E-state index < -0.39 is 0 Å². The minimum atomic E-state index is 0. The summed E-state index contributed by atoms with van der Waals surface area (Å²) in [6, 6.07) is 0. The Morgan fingerprint density at radius 1 is 0.538 bits per heavy atom. The van der Waals surface area contributed by atoms with Crippen LogP contribution in [0.3, 0.4) is 0 Å². The van der Waals surface area contributed by atoms with E-state index >= 15 is 0 Å². The molecule has 0 aliphatic carbocycles. The average molecular weight is 320 g/mol. The molecule has 13 heavy (non-hydrogen) atoms. The van der Waals surface area contributed by atoms with Crippen LogP contribution in [0.15, 0.2) is 0 Å². The van der Waals surface area contributed by atoms with Crippen LogP contribution in [0.25, 0.3) is 0 Å². The molecule has 0 fully saturated rings. The average Bonchev–Trinajstić information content (AvgIpc) is 1.92. The van der Waals surface area contributed by atoms with Gasteiger partial charge in [-0.25, -0.2) is 0 Å². The summed E-state index contributed by atoms with van der Waals surface area (Å²) in [6.07, 6.45) is 0. The Morgan fingerprint density at radius 3 is 0.538 bits per heavy atom. The van der Waals surface area contributed by atoms with E-state index in [4.69, 9.17) is 39.6 Å². The second kappa shape index (κ2) is 112. The Morgan fingerprint density at radius 2 is 0.538 bits per heavy atom. The summed E-state index contributed by atoms with van der Waals surface area (Å²) in [4.78, 5) is 32.9. The molecule has 0 rings (SSSR count). The normalized spacial score (nSPS) is 3.69. The van der Waals surface area contributed by atoms with Gasteiger partial charge in [-0.3, -0.25) is 0 Å². The van der Waals surface area contributed by atoms with Gasteiger partial charge >= 0.3 is 41.7 Å². The van der Waals surface area contributed by atoms with Gasteiger partial charge in [0.25, 0.3) is 0 Å². The number of hydrogen-bond acceptors (Lipinski definition) is 4. The monoisotopic (exact) mass is 320 g/mol. The third kappa shape index (κ3) is 1750. The molecule has 0 unspecified atom stereocenters. The van der Waals surface area contributed by atoms with Gasteiger partial charge in [0.2, 0.25) is 0 Å². The van der Waals surface area contributed by atoms with Gasteiger partial charge in [-0.2, -0.15) is 0 Å². The largest absolute Gasteiger partial charge is 4.00 e. The Balaban J connectivity index is -0.0000000213. The molecule has 9 heteroatoms. The first-order valence-electron chi connectivity index (χ1n) is 1.71. The topological polar surface area (TPSA) is 149 Å². The number of aliphatic hydroxyl groups excluding tert-OH is 4. The van der Waals surface area contributed by atoms with Crippen LogP contribution in [0.4, 0.5) is 0 Å². The van der Waals surface area contributed by atoms with Crippen LogP contribution >= 0.6 is 0 Å². The fourth-order valence-electron chi connectivity index (χ4n) is 0. The van der Waals surface area contributed by atoms with Crippen molar-refractivity contribution < 1.29 is 81.4 Å². The van der Waals surface area contributed by atoms with Crippen LogP contribution in [-0.2, 0) is 19.2 Å². The number of hydrogen-bond donors (Lipinski definition) is 4. The van der Waals surface area contributed by atoms with Crippen molar-refractivity contribution in [3.8, 4) is 0 Å². The minimum absolute atomic E-state index is 0. The smallest absolute Gasteiger partial charge is 0.665 e. The predicted octanol–water partition coefficient (Wildman–Crippen LogP) is -1.55. The van der Waals surface area contributed by atoms with Crippen molar-refractivity contribution in [2.45, 2.75) is 0 Å². The van der Waals surface area contributed by atoms with Crippen LogP contribution in [0.1, 0.15) is 0 Å². The van der Waals surface area contributed by atoms with E-state index in [2.05, 4.69) is 0 Å². The van der Waals surface area contributed by atoms with Crippen molar-refractivity contribution in [3.63, 3.8) is 0 Å². The van der Waals surface area contributed by atoms with Crippen LogP contribution in [-0.4, -0.2) is 46.3 Å². The Bertz CT molecular complexity index is 70.1. The summed E-state index contributed by atoms with van der Waals surface area (Å²) < 4.78 is 0. The van der Waals surface area contributed by atoms with Crippen molar-refractivity contribution >= 4 is 25.9 Å². The van der Waals surface area contributed by atoms with Gasteiger partial charge in [0.1, 0.15) is 0 Å². The maximum absolute atomic E-state index is 8.24. The van der Waals surface area contributed by atoms with Crippen molar-refractivity contribution in [1.29, 1.82) is 0 Å². The van der Waals surface area contributed by atoms with Crippen molar-refractivity contribution in [2.24, 2.45) is 0 Å². The molecule has 4 N–H and O–H groups in total. The van der Waals surface area contributed by atoms with Gasteiger partial charge in [0, 0.05) is 0 Å². The first kappa shape index (κ1) is 29.5. The fraction of sp³-hybridized carbons (Fsp3) is 0. The molecule has 0 aromatic rings. The van der Waals surface area contributed by atoms with E-state index in [1.54, 1.807) is 0 Å². The van der Waals surface area contributed by atoms with Crippen LogP contribution in [0.5, 0.6) is 0 Å². The first-order valence-corrected chi connectivity index (χ1v) is 1.71. The molecule has 0 atom stereocenters. The van der Waals surface area contributed by atoms with Gasteiger partial charge in [-0.1, -0.05) is 25.9 Å². The van der Waals surface area contributed by atoms with E-state index in [1.807, 2.05) is 0 Å². The molecule has 0 aliphatic rings. The van der Waals surface area contributed by atoms with Crippen molar-refractivity contribution in [1.82, 2.24) is 0 Å². The van der Waals surface area contributed by atoms with Gasteiger partial charge in [-0.15, -0.1) is 0 Å². The maximum Gasteiger partial charge on any atom is 4.00 e.